The molecule has 2 atom stereocenters. The Bertz CT molecular complexity index is 393. The van der Waals surface area contributed by atoms with Gasteiger partial charge in [-0.2, -0.15) is 0 Å². The Morgan fingerprint density at radius 3 is 2.60 bits per heavy atom. The second kappa shape index (κ2) is 3.07. The lowest BCUT2D eigenvalue weighted by Crippen LogP contribution is -2.70. The Morgan fingerprint density at radius 1 is 1.33 bits per heavy atom. The second-order valence-corrected chi connectivity index (χ2v) is 4.44. The van der Waals surface area contributed by atoms with E-state index in [4.69, 9.17) is 0 Å². The van der Waals surface area contributed by atoms with Gasteiger partial charge in [0.15, 0.2) is 0 Å². The van der Waals surface area contributed by atoms with Gasteiger partial charge in [0.1, 0.15) is 0 Å². The maximum Gasteiger partial charge on any atom is 0.244 e. The number of hydrogen-bond acceptors (Lipinski definition) is 2. The van der Waals surface area contributed by atoms with E-state index in [1.165, 1.54) is 5.56 Å². The molecule has 3 heteroatoms. The number of carbonyl (C=O) groups is 1. The molecule has 0 aromatic heterocycles. The Kier molecular flexibility index (Phi) is 1.83. The van der Waals surface area contributed by atoms with Crippen LogP contribution in [0.2, 0.25) is 0 Å². The standard InChI is InChI=1S/C12H14N2O/c1-8-2-4-10(5-3-8)14-7-9-6-11(13-9)12(14)15/h2-5,9,11,13H,6-7H2,1H3. The zero-order valence-electron chi connectivity index (χ0n) is 8.73. The van der Waals surface area contributed by atoms with Crippen LogP contribution in [-0.2, 0) is 4.79 Å². The van der Waals surface area contributed by atoms with Crippen LogP contribution >= 0.6 is 0 Å². The van der Waals surface area contributed by atoms with E-state index >= 15 is 0 Å². The number of hydrogen-bond donors (Lipinski definition) is 1. The SMILES string of the molecule is Cc1ccc(N2CC3CC(N3)C2=O)cc1. The zero-order valence-corrected chi connectivity index (χ0v) is 8.73. The number of carbonyl (C=O) groups excluding carboxylic acids is 1. The summed E-state index contributed by atoms with van der Waals surface area (Å²) in [7, 11) is 0. The number of aryl methyl sites for hydroxylation is 1. The van der Waals surface area contributed by atoms with Crippen molar-refractivity contribution in [2.75, 3.05) is 11.4 Å². The molecule has 1 aromatic carbocycles. The fraction of sp³-hybridized carbons (Fsp3) is 0.417. The van der Waals surface area contributed by atoms with Gasteiger partial charge in [0.25, 0.3) is 0 Å². The van der Waals surface area contributed by atoms with E-state index in [9.17, 15) is 4.79 Å². The molecular formula is C12H14N2O. The van der Waals surface area contributed by atoms with E-state index in [1.807, 2.05) is 17.0 Å². The number of anilines is 1. The van der Waals surface area contributed by atoms with Gasteiger partial charge in [0.2, 0.25) is 5.91 Å². The number of nitrogens with zero attached hydrogens (tertiary/aromatic N) is 1. The van der Waals surface area contributed by atoms with Crippen molar-refractivity contribution in [1.82, 2.24) is 5.32 Å². The molecule has 2 bridgehead atoms. The van der Waals surface area contributed by atoms with Crippen molar-refractivity contribution in [3.8, 4) is 0 Å². The molecule has 0 aliphatic carbocycles. The Balaban J connectivity index is 1.88. The average molecular weight is 202 g/mol. The molecule has 3 fully saturated rings. The molecule has 2 unspecified atom stereocenters. The summed E-state index contributed by atoms with van der Waals surface area (Å²) < 4.78 is 0. The summed E-state index contributed by atoms with van der Waals surface area (Å²) in [4.78, 5) is 13.8. The lowest BCUT2D eigenvalue weighted by atomic mass is 9.90. The average Bonchev–Trinajstić information content (AvgIpc) is 2.18. The fourth-order valence-corrected chi connectivity index (χ4v) is 2.30. The number of fused-ring (bicyclic) bond motifs is 2. The minimum atomic E-state index is 0.0741. The van der Waals surface area contributed by atoms with Gasteiger partial charge in [-0.1, -0.05) is 17.7 Å². The van der Waals surface area contributed by atoms with Crippen LogP contribution < -0.4 is 10.2 Å². The van der Waals surface area contributed by atoms with E-state index in [0.29, 0.717) is 6.04 Å². The van der Waals surface area contributed by atoms with Crippen molar-refractivity contribution in [2.24, 2.45) is 0 Å². The summed E-state index contributed by atoms with van der Waals surface area (Å²) in [5.41, 5.74) is 2.26. The van der Waals surface area contributed by atoms with Crippen molar-refractivity contribution < 1.29 is 4.79 Å². The van der Waals surface area contributed by atoms with Crippen molar-refractivity contribution in [1.29, 1.82) is 0 Å². The minimum Gasteiger partial charge on any atom is -0.310 e. The molecule has 1 N–H and O–H groups in total. The summed E-state index contributed by atoms with van der Waals surface area (Å²) in [5.74, 6) is 0.223. The van der Waals surface area contributed by atoms with E-state index in [0.717, 1.165) is 18.7 Å². The van der Waals surface area contributed by atoms with Gasteiger partial charge in [0, 0.05) is 18.3 Å². The molecule has 1 aromatic rings. The molecule has 0 radical (unpaired) electrons. The maximum absolute atomic E-state index is 11.9. The molecule has 0 saturated carbocycles. The number of nitrogens with one attached hydrogen (secondary N) is 1. The number of amides is 1. The van der Waals surface area contributed by atoms with Gasteiger partial charge >= 0.3 is 0 Å². The van der Waals surface area contributed by atoms with Crippen LogP contribution in [0.4, 0.5) is 5.69 Å². The normalized spacial score (nSPS) is 28.9. The fourth-order valence-electron chi connectivity index (χ4n) is 2.30. The molecule has 78 valence electrons. The molecule has 15 heavy (non-hydrogen) atoms. The largest absolute Gasteiger partial charge is 0.310 e. The maximum atomic E-state index is 11.9. The first kappa shape index (κ1) is 8.92. The van der Waals surface area contributed by atoms with E-state index in [-0.39, 0.29) is 11.9 Å². The highest BCUT2D eigenvalue weighted by atomic mass is 16.2. The first-order chi connectivity index (χ1) is 7.24. The van der Waals surface area contributed by atoms with E-state index in [2.05, 4.69) is 24.4 Å². The van der Waals surface area contributed by atoms with Gasteiger partial charge in [-0.15, -0.1) is 0 Å². The van der Waals surface area contributed by atoms with Crippen molar-refractivity contribution in [3.05, 3.63) is 29.8 Å². The van der Waals surface area contributed by atoms with Crippen LogP contribution in [0.25, 0.3) is 0 Å². The van der Waals surface area contributed by atoms with Crippen LogP contribution in [0.1, 0.15) is 12.0 Å². The van der Waals surface area contributed by atoms with Gasteiger partial charge < -0.3 is 10.2 Å². The summed E-state index contributed by atoms with van der Waals surface area (Å²) in [6.45, 7) is 2.87. The lowest BCUT2D eigenvalue weighted by Gasteiger charge is -2.47. The molecule has 4 rings (SSSR count). The Labute approximate surface area is 89.1 Å². The molecule has 3 heterocycles. The molecule has 0 spiro atoms. The first-order valence-electron chi connectivity index (χ1n) is 5.38. The quantitative estimate of drug-likeness (QED) is 0.739. The minimum absolute atomic E-state index is 0.0741. The van der Waals surface area contributed by atoms with Crippen LogP contribution in [-0.4, -0.2) is 24.5 Å². The topological polar surface area (TPSA) is 32.3 Å². The van der Waals surface area contributed by atoms with Crippen LogP contribution in [0.3, 0.4) is 0 Å². The summed E-state index contributed by atoms with van der Waals surface area (Å²) in [5, 5.41) is 3.25. The third-order valence-electron chi connectivity index (χ3n) is 3.27. The predicted molar refractivity (Wildman–Crippen MR) is 58.9 cm³/mol. The highest BCUT2D eigenvalue weighted by molar-refractivity contribution is 5.99. The summed E-state index contributed by atoms with van der Waals surface area (Å²) in [6, 6.07) is 8.74. The summed E-state index contributed by atoms with van der Waals surface area (Å²) >= 11 is 0. The van der Waals surface area contributed by atoms with Gasteiger partial charge in [0.05, 0.1) is 6.04 Å². The first-order valence-corrected chi connectivity index (χ1v) is 5.38. The van der Waals surface area contributed by atoms with Crippen molar-refractivity contribution >= 4 is 11.6 Å². The Hall–Kier alpha value is -1.35. The smallest absolute Gasteiger partial charge is 0.244 e. The van der Waals surface area contributed by atoms with Gasteiger partial charge in [-0.3, -0.25) is 4.79 Å². The predicted octanol–water partition coefficient (Wildman–Crippen LogP) is 1.07. The Morgan fingerprint density at radius 2 is 2.00 bits per heavy atom. The van der Waals surface area contributed by atoms with Crippen LogP contribution in [0.15, 0.2) is 24.3 Å². The molecule has 3 aliphatic rings. The zero-order chi connectivity index (χ0) is 10.4. The second-order valence-electron chi connectivity index (χ2n) is 4.44. The van der Waals surface area contributed by atoms with E-state index < -0.39 is 0 Å². The third-order valence-corrected chi connectivity index (χ3v) is 3.27. The van der Waals surface area contributed by atoms with Crippen LogP contribution in [0.5, 0.6) is 0 Å². The van der Waals surface area contributed by atoms with E-state index in [1.54, 1.807) is 0 Å². The molecular weight excluding hydrogens is 188 g/mol. The van der Waals surface area contributed by atoms with Crippen LogP contribution in [0, 0.1) is 6.92 Å². The number of benzene rings is 1. The highest BCUT2D eigenvalue weighted by Gasteiger charge is 2.43. The molecule has 3 saturated heterocycles. The number of piperazine rings is 1. The molecule has 3 nitrogen and oxygen atoms in total. The monoisotopic (exact) mass is 202 g/mol. The van der Waals surface area contributed by atoms with Gasteiger partial charge in [-0.25, -0.2) is 0 Å². The molecule has 3 aliphatic heterocycles. The third kappa shape index (κ3) is 1.35. The van der Waals surface area contributed by atoms with Crippen molar-refractivity contribution in [2.45, 2.75) is 25.4 Å². The molecule has 1 amide bonds. The lowest BCUT2D eigenvalue weighted by molar-refractivity contribution is -0.125. The van der Waals surface area contributed by atoms with Crippen molar-refractivity contribution in [3.63, 3.8) is 0 Å². The highest BCUT2D eigenvalue weighted by Crippen LogP contribution is 2.27. The number of rotatable bonds is 1. The number of piperidine rings is 1. The van der Waals surface area contributed by atoms with Gasteiger partial charge in [-0.05, 0) is 25.5 Å². The summed E-state index contributed by atoms with van der Waals surface area (Å²) in [6.07, 6.45) is 1.02.